The van der Waals surface area contributed by atoms with E-state index in [1.807, 2.05) is 0 Å². The molecule has 1 atom stereocenters. The SMILES string of the molecule is COc1ccc(OC)c(C(=O)NCC2(O)CCOC2)c1. The van der Waals surface area contributed by atoms with Crippen LogP contribution in [0.15, 0.2) is 18.2 Å². The van der Waals surface area contributed by atoms with Crippen molar-refractivity contribution in [3.63, 3.8) is 0 Å². The molecule has 1 heterocycles. The molecule has 0 aromatic heterocycles. The van der Waals surface area contributed by atoms with Crippen LogP contribution in [0.4, 0.5) is 0 Å². The summed E-state index contributed by atoms with van der Waals surface area (Å²) in [6, 6.07) is 4.98. The van der Waals surface area contributed by atoms with Gasteiger partial charge in [0.2, 0.25) is 0 Å². The third kappa shape index (κ3) is 3.20. The van der Waals surface area contributed by atoms with Crippen LogP contribution in [0.2, 0.25) is 0 Å². The maximum absolute atomic E-state index is 12.2. The maximum Gasteiger partial charge on any atom is 0.255 e. The quantitative estimate of drug-likeness (QED) is 0.826. The highest BCUT2D eigenvalue weighted by atomic mass is 16.5. The molecular formula is C14H19NO5. The molecular weight excluding hydrogens is 262 g/mol. The number of nitrogens with one attached hydrogen (secondary N) is 1. The predicted octanol–water partition coefficient (Wildman–Crippen LogP) is 0.585. The number of ether oxygens (including phenoxy) is 3. The lowest BCUT2D eigenvalue weighted by molar-refractivity contribution is 0.0264. The van der Waals surface area contributed by atoms with Gasteiger partial charge in [0.15, 0.2) is 0 Å². The van der Waals surface area contributed by atoms with E-state index < -0.39 is 5.60 Å². The van der Waals surface area contributed by atoms with Crippen LogP contribution in [0.25, 0.3) is 0 Å². The number of methoxy groups -OCH3 is 2. The first-order chi connectivity index (χ1) is 9.58. The van der Waals surface area contributed by atoms with Crippen LogP contribution in [-0.4, -0.2) is 50.6 Å². The van der Waals surface area contributed by atoms with Gasteiger partial charge in [-0.05, 0) is 18.2 Å². The monoisotopic (exact) mass is 281 g/mol. The van der Waals surface area contributed by atoms with Gasteiger partial charge in [0.05, 0.1) is 26.4 Å². The van der Waals surface area contributed by atoms with Crippen LogP contribution >= 0.6 is 0 Å². The van der Waals surface area contributed by atoms with Crippen molar-refractivity contribution in [2.24, 2.45) is 0 Å². The van der Waals surface area contributed by atoms with Crippen LogP contribution in [-0.2, 0) is 4.74 Å². The summed E-state index contributed by atoms with van der Waals surface area (Å²) in [5.74, 6) is 0.706. The zero-order valence-electron chi connectivity index (χ0n) is 11.6. The number of aliphatic hydroxyl groups is 1. The van der Waals surface area contributed by atoms with Crippen molar-refractivity contribution in [3.8, 4) is 11.5 Å². The fourth-order valence-corrected chi connectivity index (χ4v) is 2.07. The second-order valence-corrected chi connectivity index (χ2v) is 4.78. The largest absolute Gasteiger partial charge is 0.497 e. The zero-order valence-corrected chi connectivity index (χ0v) is 11.6. The molecule has 6 heteroatoms. The summed E-state index contributed by atoms with van der Waals surface area (Å²) in [5, 5.41) is 12.8. The smallest absolute Gasteiger partial charge is 0.255 e. The van der Waals surface area contributed by atoms with Crippen LogP contribution < -0.4 is 14.8 Å². The summed E-state index contributed by atoms with van der Waals surface area (Å²) < 4.78 is 15.4. The molecule has 1 aromatic rings. The first kappa shape index (κ1) is 14.6. The normalized spacial score (nSPS) is 21.6. The standard InChI is InChI=1S/C14H19NO5/c1-18-10-3-4-12(19-2)11(7-10)13(16)15-8-14(17)5-6-20-9-14/h3-4,7,17H,5-6,8-9H2,1-2H3,(H,15,16). The van der Waals surface area contributed by atoms with Crippen molar-refractivity contribution in [3.05, 3.63) is 23.8 Å². The molecule has 2 rings (SSSR count). The van der Waals surface area contributed by atoms with Crippen LogP contribution in [0.5, 0.6) is 11.5 Å². The van der Waals surface area contributed by atoms with E-state index in [0.717, 1.165) is 0 Å². The van der Waals surface area contributed by atoms with Gasteiger partial charge in [-0.25, -0.2) is 0 Å². The van der Waals surface area contributed by atoms with Gasteiger partial charge in [0.25, 0.3) is 5.91 Å². The summed E-state index contributed by atoms with van der Waals surface area (Å²) in [7, 11) is 3.03. The lowest BCUT2D eigenvalue weighted by atomic mass is 10.0. The number of carbonyl (C=O) groups is 1. The average molecular weight is 281 g/mol. The molecule has 1 aromatic carbocycles. The van der Waals surface area contributed by atoms with E-state index in [-0.39, 0.29) is 19.1 Å². The van der Waals surface area contributed by atoms with Crippen LogP contribution in [0, 0.1) is 0 Å². The van der Waals surface area contributed by atoms with Gasteiger partial charge >= 0.3 is 0 Å². The molecule has 20 heavy (non-hydrogen) atoms. The number of amides is 1. The Labute approximate surface area is 117 Å². The molecule has 0 radical (unpaired) electrons. The van der Waals surface area contributed by atoms with E-state index in [1.165, 1.54) is 14.2 Å². The summed E-state index contributed by atoms with van der Waals surface area (Å²) >= 11 is 0. The fourth-order valence-electron chi connectivity index (χ4n) is 2.07. The second kappa shape index (κ2) is 6.11. The van der Waals surface area contributed by atoms with Crippen molar-refractivity contribution < 1.29 is 24.1 Å². The number of rotatable bonds is 5. The Balaban J connectivity index is 2.07. The van der Waals surface area contributed by atoms with Crippen LogP contribution in [0.1, 0.15) is 16.8 Å². The Morgan fingerprint density at radius 1 is 1.45 bits per heavy atom. The Hall–Kier alpha value is -1.79. The molecule has 2 N–H and O–H groups in total. The highest BCUT2D eigenvalue weighted by Crippen LogP contribution is 2.24. The molecule has 110 valence electrons. The minimum atomic E-state index is -0.984. The lowest BCUT2D eigenvalue weighted by Crippen LogP contribution is -2.43. The van der Waals surface area contributed by atoms with Crippen molar-refractivity contribution >= 4 is 5.91 Å². The second-order valence-electron chi connectivity index (χ2n) is 4.78. The number of hydrogen-bond donors (Lipinski definition) is 2. The lowest BCUT2D eigenvalue weighted by Gasteiger charge is -2.21. The van der Waals surface area contributed by atoms with Gasteiger partial charge in [-0.2, -0.15) is 0 Å². The van der Waals surface area contributed by atoms with Crippen molar-refractivity contribution in [1.82, 2.24) is 5.32 Å². The first-order valence-electron chi connectivity index (χ1n) is 6.38. The van der Waals surface area contributed by atoms with E-state index >= 15 is 0 Å². The maximum atomic E-state index is 12.2. The van der Waals surface area contributed by atoms with Gasteiger partial charge in [-0.1, -0.05) is 0 Å². The van der Waals surface area contributed by atoms with Gasteiger partial charge < -0.3 is 24.6 Å². The molecule has 0 aliphatic carbocycles. The van der Waals surface area contributed by atoms with Gasteiger partial charge in [0.1, 0.15) is 17.1 Å². The Morgan fingerprint density at radius 3 is 2.85 bits per heavy atom. The van der Waals surface area contributed by atoms with Gasteiger partial charge in [0, 0.05) is 19.6 Å². The molecule has 0 saturated carbocycles. The fraction of sp³-hybridized carbons (Fsp3) is 0.500. The Kier molecular flexibility index (Phi) is 4.46. The van der Waals surface area contributed by atoms with Crippen molar-refractivity contribution in [1.29, 1.82) is 0 Å². The van der Waals surface area contributed by atoms with Gasteiger partial charge in [-0.3, -0.25) is 4.79 Å². The molecule has 1 aliphatic rings. The minimum absolute atomic E-state index is 0.145. The molecule has 1 unspecified atom stereocenters. The zero-order chi connectivity index (χ0) is 14.6. The molecule has 0 spiro atoms. The highest BCUT2D eigenvalue weighted by molar-refractivity contribution is 5.97. The topological polar surface area (TPSA) is 77.0 Å². The number of hydrogen-bond acceptors (Lipinski definition) is 5. The van der Waals surface area contributed by atoms with Gasteiger partial charge in [-0.15, -0.1) is 0 Å². The summed E-state index contributed by atoms with van der Waals surface area (Å²) in [6.45, 7) is 0.892. The summed E-state index contributed by atoms with van der Waals surface area (Å²) in [6.07, 6.45) is 0.516. The molecule has 1 saturated heterocycles. The predicted molar refractivity (Wildman–Crippen MR) is 72.3 cm³/mol. The van der Waals surface area contributed by atoms with E-state index in [4.69, 9.17) is 14.2 Å². The summed E-state index contributed by atoms with van der Waals surface area (Å²) in [5.41, 5.74) is -0.615. The van der Waals surface area contributed by atoms with E-state index in [2.05, 4.69) is 5.32 Å². The highest BCUT2D eigenvalue weighted by Gasteiger charge is 2.32. The molecule has 1 amide bonds. The Morgan fingerprint density at radius 2 is 2.25 bits per heavy atom. The minimum Gasteiger partial charge on any atom is -0.497 e. The molecule has 1 aliphatic heterocycles. The molecule has 0 bridgehead atoms. The first-order valence-corrected chi connectivity index (χ1v) is 6.38. The Bertz CT molecular complexity index is 482. The summed E-state index contributed by atoms with van der Waals surface area (Å²) in [4.78, 5) is 12.2. The van der Waals surface area contributed by atoms with Crippen molar-refractivity contribution in [2.75, 3.05) is 34.0 Å². The van der Waals surface area contributed by atoms with E-state index in [0.29, 0.717) is 30.1 Å². The van der Waals surface area contributed by atoms with E-state index in [9.17, 15) is 9.90 Å². The van der Waals surface area contributed by atoms with Crippen molar-refractivity contribution in [2.45, 2.75) is 12.0 Å². The number of carbonyl (C=O) groups excluding carboxylic acids is 1. The van der Waals surface area contributed by atoms with Crippen LogP contribution in [0.3, 0.4) is 0 Å². The molecule has 1 fully saturated rings. The number of benzene rings is 1. The third-order valence-corrected chi connectivity index (χ3v) is 3.31. The van der Waals surface area contributed by atoms with E-state index in [1.54, 1.807) is 18.2 Å². The third-order valence-electron chi connectivity index (χ3n) is 3.31. The average Bonchev–Trinajstić information content (AvgIpc) is 2.91. The molecule has 6 nitrogen and oxygen atoms in total.